The monoisotopic (exact) mass is 263 g/mol. The SMILES string of the molecule is O=C(NOc1ccccc1)Nc1ccnc(Cl)c1. The van der Waals surface area contributed by atoms with E-state index in [2.05, 4.69) is 15.8 Å². The molecule has 92 valence electrons. The van der Waals surface area contributed by atoms with Gasteiger partial charge in [-0.1, -0.05) is 29.8 Å². The van der Waals surface area contributed by atoms with Crippen LogP contribution >= 0.6 is 11.6 Å². The van der Waals surface area contributed by atoms with Crippen molar-refractivity contribution in [3.05, 3.63) is 53.8 Å². The Hall–Kier alpha value is -2.27. The third kappa shape index (κ3) is 3.64. The van der Waals surface area contributed by atoms with Crippen molar-refractivity contribution in [3.8, 4) is 5.75 Å². The molecule has 1 aromatic heterocycles. The van der Waals surface area contributed by atoms with Crippen LogP contribution in [0.25, 0.3) is 0 Å². The molecule has 0 fully saturated rings. The highest BCUT2D eigenvalue weighted by Gasteiger charge is 2.02. The van der Waals surface area contributed by atoms with Crippen LogP contribution < -0.4 is 15.6 Å². The maximum Gasteiger partial charge on any atom is 0.352 e. The third-order valence-electron chi connectivity index (χ3n) is 1.99. The van der Waals surface area contributed by atoms with Gasteiger partial charge in [0.15, 0.2) is 5.75 Å². The Labute approximate surface area is 109 Å². The van der Waals surface area contributed by atoms with E-state index in [9.17, 15) is 4.79 Å². The third-order valence-corrected chi connectivity index (χ3v) is 2.20. The molecule has 18 heavy (non-hydrogen) atoms. The lowest BCUT2D eigenvalue weighted by Crippen LogP contribution is -2.31. The van der Waals surface area contributed by atoms with Gasteiger partial charge in [-0.3, -0.25) is 0 Å². The summed E-state index contributed by atoms with van der Waals surface area (Å²) in [7, 11) is 0. The topological polar surface area (TPSA) is 63.2 Å². The number of carbonyl (C=O) groups is 1. The zero-order valence-electron chi connectivity index (χ0n) is 9.26. The lowest BCUT2D eigenvalue weighted by atomic mass is 10.3. The molecule has 0 saturated heterocycles. The molecule has 0 bridgehead atoms. The number of benzene rings is 1. The molecule has 0 spiro atoms. The number of hydrogen-bond donors (Lipinski definition) is 2. The van der Waals surface area contributed by atoms with Crippen molar-refractivity contribution in [2.45, 2.75) is 0 Å². The summed E-state index contributed by atoms with van der Waals surface area (Å²) >= 11 is 5.69. The first-order chi connectivity index (χ1) is 8.74. The molecule has 1 aromatic carbocycles. The molecule has 6 heteroatoms. The van der Waals surface area contributed by atoms with Crippen molar-refractivity contribution >= 4 is 23.3 Å². The number of aromatic nitrogens is 1. The highest BCUT2D eigenvalue weighted by Crippen LogP contribution is 2.11. The molecule has 0 aliphatic rings. The maximum absolute atomic E-state index is 11.5. The number of hydroxylamine groups is 1. The van der Waals surface area contributed by atoms with E-state index in [4.69, 9.17) is 16.4 Å². The molecule has 0 unspecified atom stereocenters. The van der Waals surface area contributed by atoms with Crippen molar-refractivity contribution < 1.29 is 9.63 Å². The summed E-state index contributed by atoms with van der Waals surface area (Å²) in [5.41, 5.74) is 2.78. The van der Waals surface area contributed by atoms with Crippen LogP contribution in [-0.2, 0) is 0 Å². The van der Waals surface area contributed by atoms with E-state index in [1.54, 1.807) is 30.3 Å². The molecule has 0 aliphatic carbocycles. The zero-order chi connectivity index (χ0) is 12.8. The number of urea groups is 1. The van der Waals surface area contributed by atoms with Crippen LogP contribution in [0.5, 0.6) is 5.75 Å². The van der Waals surface area contributed by atoms with Gasteiger partial charge in [0, 0.05) is 11.9 Å². The van der Waals surface area contributed by atoms with Gasteiger partial charge in [-0.2, -0.15) is 5.48 Å². The van der Waals surface area contributed by atoms with Crippen LogP contribution in [0.2, 0.25) is 5.15 Å². The number of amides is 2. The van der Waals surface area contributed by atoms with Crippen LogP contribution in [0.3, 0.4) is 0 Å². The molecule has 0 atom stereocenters. The molecule has 1 heterocycles. The smallest absolute Gasteiger partial charge is 0.352 e. The molecular weight excluding hydrogens is 254 g/mol. The van der Waals surface area contributed by atoms with Crippen LogP contribution in [0, 0.1) is 0 Å². The van der Waals surface area contributed by atoms with Gasteiger partial charge in [0.25, 0.3) is 0 Å². The summed E-state index contributed by atoms with van der Waals surface area (Å²) < 4.78 is 0. The Kier molecular flexibility index (Phi) is 3.98. The predicted octanol–water partition coefficient (Wildman–Crippen LogP) is 2.85. The van der Waals surface area contributed by atoms with E-state index in [1.165, 1.54) is 12.3 Å². The number of hydrogen-bond acceptors (Lipinski definition) is 3. The summed E-state index contributed by atoms with van der Waals surface area (Å²) in [6.07, 6.45) is 1.50. The lowest BCUT2D eigenvalue weighted by molar-refractivity contribution is 0.189. The quantitative estimate of drug-likeness (QED) is 0.661. The second-order valence-corrected chi connectivity index (χ2v) is 3.73. The van der Waals surface area contributed by atoms with Crippen molar-refractivity contribution in [3.63, 3.8) is 0 Å². The van der Waals surface area contributed by atoms with Crippen LogP contribution in [0.15, 0.2) is 48.7 Å². The Morgan fingerprint density at radius 3 is 2.72 bits per heavy atom. The number of anilines is 1. The van der Waals surface area contributed by atoms with Crippen molar-refractivity contribution in [1.29, 1.82) is 0 Å². The van der Waals surface area contributed by atoms with Gasteiger partial charge in [0.1, 0.15) is 5.15 Å². The fourth-order valence-electron chi connectivity index (χ4n) is 1.23. The molecular formula is C12H10ClN3O2. The van der Waals surface area contributed by atoms with E-state index in [0.717, 1.165) is 0 Å². The highest BCUT2D eigenvalue weighted by atomic mass is 35.5. The first-order valence-corrected chi connectivity index (χ1v) is 5.52. The largest absolute Gasteiger partial charge is 0.378 e. The Balaban J connectivity index is 1.86. The second-order valence-electron chi connectivity index (χ2n) is 3.34. The molecule has 2 N–H and O–H groups in total. The average molecular weight is 264 g/mol. The molecule has 5 nitrogen and oxygen atoms in total. The summed E-state index contributed by atoms with van der Waals surface area (Å²) in [5.74, 6) is 0.542. The van der Waals surface area contributed by atoms with Gasteiger partial charge >= 0.3 is 6.03 Å². The van der Waals surface area contributed by atoms with Crippen LogP contribution in [-0.4, -0.2) is 11.0 Å². The summed E-state index contributed by atoms with van der Waals surface area (Å²) in [6, 6.07) is 11.6. The van der Waals surface area contributed by atoms with E-state index < -0.39 is 6.03 Å². The maximum atomic E-state index is 11.5. The van der Waals surface area contributed by atoms with Gasteiger partial charge in [-0.15, -0.1) is 0 Å². The number of halogens is 1. The van der Waals surface area contributed by atoms with Crippen molar-refractivity contribution in [1.82, 2.24) is 10.5 Å². The standard InChI is InChI=1S/C12H10ClN3O2/c13-11-8-9(6-7-14-11)15-12(17)16-18-10-4-2-1-3-5-10/h1-8H,(H2,14,15,16,17). The molecule has 0 saturated carbocycles. The van der Waals surface area contributed by atoms with Gasteiger partial charge in [0.05, 0.1) is 0 Å². The molecule has 0 aliphatic heterocycles. The molecule has 2 amide bonds. The Bertz CT molecular complexity index is 534. The number of nitrogens with one attached hydrogen (secondary N) is 2. The minimum atomic E-state index is -0.499. The fourth-order valence-corrected chi connectivity index (χ4v) is 1.40. The highest BCUT2D eigenvalue weighted by molar-refractivity contribution is 6.29. The number of carbonyl (C=O) groups excluding carboxylic acids is 1. The lowest BCUT2D eigenvalue weighted by Gasteiger charge is -2.08. The molecule has 2 rings (SSSR count). The van der Waals surface area contributed by atoms with Gasteiger partial charge < -0.3 is 10.2 Å². The van der Waals surface area contributed by atoms with E-state index in [1.807, 2.05) is 6.07 Å². The summed E-state index contributed by atoms with van der Waals surface area (Å²) in [4.78, 5) is 20.3. The van der Waals surface area contributed by atoms with E-state index in [-0.39, 0.29) is 0 Å². The zero-order valence-corrected chi connectivity index (χ0v) is 10.0. The Morgan fingerprint density at radius 1 is 1.22 bits per heavy atom. The Morgan fingerprint density at radius 2 is 2.00 bits per heavy atom. The number of rotatable bonds is 3. The fraction of sp³-hybridized carbons (Fsp3) is 0. The minimum absolute atomic E-state index is 0.303. The predicted molar refractivity (Wildman–Crippen MR) is 68.5 cm³/mol. The second kappa shape index (κ2) is 5.88. The molecule has 0 radical (unpaired) electrons. The average Bonchev–Trinajstić information content (AvgIpc) is 2.38. The van der Waals surface area contributed by atoms with E-state index in [0.29, 0.717) is 16.6 Å². The van der Waals surface area contributed by atoms with E-state index >= 15 is 0 Å². The summed E-state index contributed by atoms with van der Waals surface area (Å²) in [6.45, 7) is 0. The van der Waals surface area contributed by atoms with Crippen molar-refractivity contribution in [2.75, 3.05) is 5.32 Å². The summed E-state index contributed by atoms with van der Waals surface area (Å²) in [5, 5.41) is 2.86. The number of pyridine rings is 1. The molecule has 2 aromatic rings. The van der Waals surface area contributed by atoms with Crippen LogP contribution in [0.1, 0.15) is 0 Å². The number of para-hydroxylation sites is 1. The minimum Gasteiger partial charge on any atom is -0.378 e. The first kappa shape index (κ1) is 12.2. The van der Waals surface area contributed by atoms with Gasteiger partial charge in [-0.25, -0.2) is 9.78 Å². The van der Waals surface area contributed by atoms with Crippen LogP contribution in [0.4, 0.5) is 10.5 Å². The van der Waals surface area contributed by atoms with Gasteiger partial charge in [-0.05, 0) is 24.3 Å². The normalized spacial score (nSPS) is 9.61. The van der Waals surface area contributed by atoms with Crippen molar-refractivity contribution in [2.24, 2.45) is 0 Å². The number of nitrogens with zero attached hydrogens (tertiary/aromatic N) is 1. The van der Waals surface area contributed by atoms with Gasteiger partial charge in [0.2, 0.25) is 0 Å². The first-order valence-electron chi connectivity index (χ1n) is 5.14.